The molecule has 0 fully saturated rings. The Morgan fingerprint density at radius 1 is 0.513 bits per heavy atom. The highest BCUT2D eigenvalue weighted by Gasteiger charge is 2.07. The largest absolute Gasteiger partial charge is 0.494 e. The Bertz CT molecular complexity index is 878. The van der Waals surface area contributed by atoms with Crippen LogP contribution in [0.4, 0.5) is 5.69 Å². The molecule has 0 saturated carbocycles. The molecule has 0 N–H and O–H groups in total. The molecule has 0 saturated heterocycles. The van der Waals surface area contributed by atoms with Crippen LogP contribution in [-0.4, -0.2) is 26.0 Å². The summed E-state index contributed by atoms with van der Waals surface area (Å²) in [5.74, 6) is 2.57. The van der Waals surface area contributed by atoms with Gasteiger partial charge in [-0.05, 0) is 67.3 Å². The predicted molar refractivity (Wildman–Crippen MR) is 168 cm³/mol. The maximum Gasteiger partial charge on any atom is 0.161 e. The summed E-state index contributed by atoms with van der Waals surface area (Å²) in [6.07, 6.45) is 21.8. The number of aliphatic imine (C=N–C) groups is 1. The van der Waals surface area contributed by atoms with Crippen molar-refractivity contribution in [3.63, 3.8) is 0 Å². The van der Waals surface area contributed by atoms with Crippen LogP contribution in [0, 0.1) is 0 Å². The van der Waals surface area contributed by atoms with Crippen LogP contribution in [0.15, 0.2) is 47.5 Å². The molecule has 2 aromatic carbocycles. The fraction of sp³-hybridized carbons (Fsp3) is 0.629. The van der Waals surface area contributed by atoms with E-state index in [4.69, 9.17) is 14.2 Å². The number of hydrogen-bond acceptors (Lipinski definition) is 4. The molecule has 0 bridgehead atoms. The predicted octanol–water partition coefficient (Wildman–Crippen LogP) is 10.9. The fourth-order valence-electron chi connectivity index (χ4n) is 4.46. The third kappa shape index (κ3) is 15.6. The summed E-state index contributed by atoms with van der Waals surface area (Å²) < 4.78 is 18.2. The van der Waals surface area contributed by atoms with Crippen molar-refractivity contribution in [1.82, 2.24) is 0 Å². The molecule has 0 atom stereocenters. The van der Waals surface area contributed by atoms with Crippen molar-refractivity contribution in [2.75, 3.05) is 19.8 Å². The Morgan fingerprint density at radius 2 is 1.00 bits per heavy atom. The van der Waals surface area contributed by atoms with Gasteiger partial charge in [0.05, 0.1) is 25.5 Å². The number of ether oxygens (including phenoxy) is 3. The van der Waals surface area contributed by atoms with Crippen molar-refractivity contribution >= 4 is 11.9 Å². The van der Waals surface area contributed by atoms with Crippen LogP contribution in [0.1, 0.15) is 129 Å². The van der Waals surface area contributed by atoms with Crippen LogP contribution in [-0.2, 0) is 0 Å². The van der Waals surface area contributed by atoms with E-state index in [1.807, 2.05) is 36.5 Å². The molecule has 2 rings (SSSR count). The molecule has 2 aromatic rings. The third-order valence-corrected chi connectivity index (χ3v) is 6.94. The van der Waals surface area contributed by atoms with E-state index in [1.54, 1.807) is 0 Å². The molecule has 39 heavy (non-hydrogen) atoms. The van der Waals surface area contributed by atoms with E-state index in [0.717, 1.165) is 67.6 Å². The first kappa shape index (κ1) is 32.7. The average molecular weight is 538 g/mol. The van der Waals surface area contributed by atoms with Gasteiger partial charge in [-0.15, -0.1) is 0 Å². The van der Waals surface area contributed by atoms with Gasteiger partial charge in [0.1, 0.15) is 5.75 Å². The van der Waals surface area contributed by atoms with Crippen molar-refractivity contribution in [2.45, 2.75) is 124 Å². The summed E-state index contributed by atoms with van der Waals surface area (Å²) >= 11 is 0. The zero-order valence-corrected chi connectivity index (χ0v) is 25.2. The monoisotopic (exact) mass is 537 g/mol. The van der Waals surface area contributed by atoms with Gasteiger partial charge in [0.2, 0.25) is 0 Å². The summed E-state index contributed by atoms with van der Waals surface area (Å²) in [4.78, 5) is 4.68. The number of rotatable bonds is 24. The molecule has 0 aliphatic carbocycles. The molecular weight excluding hydrogens is 482 g/mol. The fourth-order valence-corrected chi connectivity index (χ4v) is 4.46. The van der Waals surface area contributed by atoms with E-state index in [1.165, 1.54) is 83.5 Å². The Hall–Kier alpha value is -2.49. The molecule has 0 amide bonds. The van der Waals surface area contributed by atoms with E-state index in [9.17, 15) is 0 Å². The van der Waals surface area contributed by atoms with Crippen LogP contribution in [0.5, 0.6) is 17.2 Å². The summed E-state index contributed by atoms with van der Waals surface area (Å²) in [6, 6.07) is 14.2. The zero-order chi connectivity index (χ0) is 27.8. The smallest absolute Gasteiger partial charge is 0.161 e. The topological polar surface area (TPSA) is 40.0 Å². The first-order valence-electron chi connectivity index (χ1n) is 15.9. The Balaban J connectivity index is 1.90. The lowest BCUT2D eigenvalue weighted by Crippen LogP contribution is -2.03. The molecule has 0 aliphatic heterocycles. The van der Waals surface area contributed by atoms with Gasteiger partial charge in [-0.1, -0.05) is 104 Å². The van der Waals surface area contributed by atoms with Gasteiger partial charge >= 0.3 is 0 Å². The standard InChI is InChI=1S/C35H55NO3/c1-4-7-10-13-15-18-27-38-34-25-20-31(29-35(34)39-28-19-16-14-11-8-5-2)30-36-32-21-23-33(24-22-32)37-26-17-12-9-6-3/h20-25,29-30H,4-19,26-28H2,1-3H3. The quantitative estimate of drug-likeness (QED) is 0.0987. The molecular formula is C35H55NO3. The van der Waals surface area contributed by atoms with E-state index < -0.39 is 0 Å². The zero-order valence-electron chi connectivity index (χ0n) is 25.2. The van der Waals surface area contributed by atoms with Crippen LogP contribution in [0.25, 0.3) is 0 Å². The number of hydrogen-bond donors (Lipinski definition) is 0. The van der Waals surface area contributed by atoms with Crippen molar-refractivity contribution in [3.05, 3.63) is 48.0 Å². The van der Waals surface area contributed by atoms with Gasteiger partial charge in [0.25, 0.3) is 0 Å². The molecule has 0 spiro atoms. The molecule has 0 radical (unpaired) electrons. The van der Waals surface area contributed by atoms with Crippen molar-refractivity contribution in [2.24, 2.45) is 4.99 Å². The van der Waals surface area contributed by atoms with Crippen LogP contribution in [0.3, 0.4) is 0 Å². The highest BCUT2D eigenvalue weighted by molar-refractivity contribution is 5.83. The molecule has 0 heterocycles. The molecule has 0 aromatic heterocycles. The number of benzene rings is 2. The normalized spacial score (nSPS) is 11.3. The first-order valence-corrected chi connectivity index (χ1v) is 15.9. The second kappa shape index (κ2) is 22.3. The maximum absolute atomic E-state index is 6.22. The molecule has 218 valence electrons. The van der Waals surface area contributed by atoms with Gasteiger partial charge in [-0.2, -0.15) is 0 Å². The van der Waals surface area contributed by atoms with Gasteiger partial charge in [-0.25, -0.2) is 0 Å². The first-order chi connectivity index (χ1) is 19.3. The minimum Gasteiger partial charge on any atom is -0.494 e. The van der Waals surface area contributed by atoms with Crippen LogP contribution in [0.2, 0.25) is 0 Å². The van der Waals surface area contributed by atoms with Crippen LogP contribution >= 0.6 is 0 Å². The average Bonchev–Trinajstić information content (AvgIpc) is 2.96. The lowest BCUT2D eigenvalue weighted by atomic mass is 10.1. The highest BCUT2D eigenvalue weighted by Crippen LogP contribution is 2.29. The van der Waals surface area contributed by atoms with Crippen LogP contribution < -0.4 is 14.2 Å². The van der Waals surface area contributed by atoms with E-state index >= 15 is 0 Å². The van der Waals surface area contributed by atoms with E-state index in [0.29, 0.717) is 0 Å². The second-order valence-electron chi connectivity index (χ2n) is 10.6. The summed E-state index contributed by atoms with van der Waals surface area (Å²) in [6.45, 7) is 8.97. The Morgan fingerprint density at radius 3 is 1.59 bits per heavy atom. The van der Waals surface area contributed by atoms with Gasteiger partial charge in [0.15, 0.2) is 11.5 Å². The Labute approximate surface area is 239 Å². The summed E-state index contributed by atoms with van der Waals surface area (Å²) in [5.41, 5.74) is 1.92. The Kier molecular flexibility index (Phi) is 18.7. The molecule has 4 heteroatoms. The highest BCUT2D eigenvalue weighted by atomic mass is 16.5. The lowest BCUT2D eigenvalue weighted by molar-refractivity contribution is 0.258. The summed E-state index contributed by atoms with van der Waals surface area (Å²) in [7, 11) is 0. The molecule has 0 aliphatic rings. The van der Waals surface area contributed by atoms with E-state index in [2.05, 4.69) is 37.9 Å². The van der Waals surface area contributed by atoms with Crippen molar-refractivity contribution in [1.29, 1.82) is 0 Å². The van der Waals surface area contributed by atoms with Gasteiger partial charge < -0.3 is 14.2 Å². The van der Waals surface area contributed by atoms with Crippen molar-refractivity contribution in [3.8, 4) is 17.2 Å². The lowest BCUT2D eigenvalue weighted by Gasteiger charge is -2.14. The number of nitrogens with zero attached hydrogens (tertiary/aromatic N) is 1. The van der Waals surface area contributed by atoms with Gasteiger partial charge in [-0.3, -0.25) is 4.99 Å². The minimum atomic E-state index is 0.722. The minimum absolute atomic E-state index is 0.722. The molecule has 4 nitrogen and oxygen atoms in total. The third-order valence-electron chi connectivity index (χ3n) is 6.94. The van der Waals surface area contributed by atoms with Gasteiger partial charge in [0, 0.05) is 6.21 Å². The second-order valence-corrected chi connectivity index (χ2v) is 10.6. The SMILES string of the molecule is CCCCCCCCOc1ccc(C=Nc2ccc(OCCCCCC)cc2)cc1OCCCCCCCC. The van der Waals surface area contributed by atoms with Crippen molar-refractivity contribution < 1.29 is 14.2 Å². The summed E-state index contributed by atoms with van der Waals surface area (Å²) in [5, 5.41) is 0. The maximum atomic E-state index is 6.22. The number of unbranched alkanes of at least 4 members (excludes halogenated alkanes) is 13. The van der Waals surface area contributed by atoms with E-state index in [-0.39, 0.29) is 0 Å². The molecule has 0 unspecified atom stereocenters.